The lowest BCUT2D eigenvalue weighted by molar-refractivity contribution is 0.521. The van der Waals surface area contributed by atoms with Crippen molar-refractivity contribution in [3.63, 3.8) is 0 Å². The highest BCUT2D eigenvalue weighted by atomic mass is 15.2. The molecule has 3 aliphatic rings. The van der Waals surface area contributed by atoms with Crippen molar-refractivity contribution in [3.05, 3.63) is 118 Å². The van der Waals surface area contributed by atoms with Gasteiger partial charge in [-0.15, -0.1) is 0 Å². The number of nitrogens with zero attached hydrogens (tertiary/aromatic N) is 2. The minimum Gasteiger partial charge on any atom is -0.377 e. The zero-order valence-corrected chi connectivity index (χ0v) is 23.2. The normalized spacial score (nSPS) is 22.4. The number of allylic oxidation sites excluding steroid dienone is 9. The van der Waals surface area contributed by atoms with E-state index < -0.39 is 0 Å². The molecule has 5 rings (SSSR count). The van der Waals surface area contributed by atoms with Gasteiger partial charge in [0.2, 0.25) is 0 Å². The van der Waals surface area contributed by atoms with Gasteiger partial charge in [0.05, 0.1) is 0 Å². The van der Waals surface area contributed by atoms with Crippen molar-refractivity contribution < 1.29 is 0 Å². The Morgan fingerprint density at radius 3 is 2.14 bits per heavy atom. The molecule has 2 heteroatoms. The molecule has 1 aliphatic heterocycles. The van der Waals surface area contributed by atoms with Crippen LogP contribution in [0.5, 0.6) is 0 Å². The number of para-hydroxylation sites is 1. The summed E-state index contributed by atoms with van der Waals surface area (Å²) in [4.78, 5) is 4.65. The number of anilines is 1. The van der Waals surface area contributed by atoms with Gasteiger partial charge in [0.1, 0.15) is 0 Å². The molecular weight excluding hydrogens is 436 g/mol. The first-order valence-electron chi connectivity index (χ1n) is 13.2. The van der Waals surface area contributed by atoms with E-state index in [1.54, 1.807) is 0 Å². The molecule has 0 radical (unpaired) electrons. The van der Waals surface area contributed by atoms with E-state index in [1.807, 2.05) is 0 Å². The van der Waals surface area contributed by atoms with Crippen LogP contribution in [0, 0.1) is 0 Å². The highest BCUT2D eigenvalue weighted by Crippen LogP contribution is 2.48. The van der Waals surface area contributed by atoms with Gasteiger partial charge in [-0.3, -0.25) is 0 Å². The van der Waals surface area contributed by atoms with Crippen LogP contribution in [-0.2, 0) is 10.8 Å². The summed E-state index contributed by atoms with van der Waals surface area (Å²) >= 11 is 0. The maximum atomic E-state index is 2.39. The van der Waals surface area contributed by atoms with Gasteiger partial charge in [-0.25, -0.2) is 0 Å². The average Bonchev–Trinajstić information content (AvgIpc) is 3.40. The average molecular weight is 477 g/mol. The van der Waals surface area contributed by atoms with Gasteiger partial charge in [-0.05, 0) is 70.9 Å². The van der Waals surface area contributed by atoms with Crippen molar-refractivity contribution in [2.75, 3.05) is 26.0 Å². The molecule has 0 unspecified atom stereocenters. The molecule has 2 nitrogen and oxygen atoms in total. The number of rotatable bonds is 4. The Hall–Kier alpha value is -3.26. The van der Waals surface area contributed by atoms with Crippen molar-refractivity contribution in [1.82, 2.24) is 4.90 Å². The van der Waals surface area contributed by atoms with Crippen molar-refractivity contribution in [3.8, 4) is 0 Å². The molecule has 0 fully saturated rings. The van der Waals surface area contributed by atoms with Crippen molar-refractivity contribution in [2.45, 2.75) is 58.3 Å². The predicted octanol–water partition coefficient (Wildman–Crippen LogP) is 8.15. The zero-order valence-electron chi connectivity index (χ0n) is 23.2. The Labute approximate surface area is 218 Å². The molecule has 0 amide bonds. The quantitative estimate of drug-likeness (QED) is 0.439. The first-order chi connectivity index (χ1) is 17.0. The van der Waals surface area contributed by atoms with E-state index in [4.69, 9.17) is 0 Å². The number of fused-ring (bicyclic) bond motifs is 2. The molecular formula is C34H40N2. The molecule has 186 valence electrons. The molecule has 0 saturated carbocycles. The van der Waals surface area contributed by atoms with E-state index in [0.717, 1.165) is 12.8 Å². The van der Waals surface area contributed by atoms with E-state index in [-0.39, 0.29) is 10.8 Å². The Morgan fingerprint density at radius 1 is 0.806 bits per heavy atom. The highest BCUT2D eigenvalue weighted by Gasteiger charge is 2.38. The lowest BCUT2D eigenvalue weighted by Gasteiger charge is -2.24. The first kappa shape index (κ1) is 24.4. The van der Waals surface area contributed by atoms with Crippen LogP contribution in [0.15, 0.2) is 101 Å². The number of hydrogen-bond donors (Lipinski definition) is 0. The number of benzene rings is 2. The maximum Gasteiger partial charge on any atom is 0.0447 e. The summed E-state index contributed by atoms with van der Waals surface area (Å²) in [6.45, 7) is 11.7. The molecule has 1 heterocycles. The van der Waals surface area contributed by atoms with Crippen LogP contribution in [0.25, 0.3) is 5.57 Å². The Bertz CT molecular complexity index is 1370. The van der Waals surface area contributed by atoms with Crippen LogP contribution >= 0.6 is 0 Å². The highest BCUT2D eigenvalue weighted by molar-refractivity contribution is 5.81. The second-order valence-corrected chi connectivity index (χ2v) is 11.8. The van der Waals surface area contributed by atoms with Crippen molar-refractivity contribution in [1.29, 1.82) is 0 Å². The monoisotopic (exact) mass is 476 g/mol. The smallest absolute Gasteiger partial charge is 0.0447 e. The van der Waals surface area contributed by atoms with E-state index in [2.05, 4.69) is 138 Å². The van der Waals surface area contributed by atoms with Crippen LogP contribution in [-0.4, -0.2) is 26.0 Å². The molecule has 0 N–H and O–H groups in total. The zero-order chi connectivity index (χ0) is 25.8. The van der Waals surface area contributed by atoms with Crippen LogP contribution in [0.2, 0.25) is 0 Å². The number of likely N-dealkylation sites (N-methyl/N-ethyl adjacent to an activating group) is 2. The molecule has 0 atom stereocenters. The number of hydrogen-bond acceptors (Lipinski definition) is 2. The van der Waals surface area contributed by atoms with Gasteiger partial charge in [0, 0.05) is 49.1 Å². The lowest BCUT2D eigenvalue weighted by Crippen LogP contribution is -2.22. The third-order valence-corrected chi connectivity index (χ3v) is 8.64. The molecule has 0 saturated heterocycles. The fraction of sp³-hybridized carbons (Fsp3) is 0.353. The molecule has 2 aromatic rings. The summed E-state index contributed by atoms with van der Waals surface area (Å²) in [7, 11) is 6.55. The van der Waals surface area contributed by atoms with Crippen LogP contribution in [0.1, 0.15) is 64.2 Å². The van der Waals surface area contributed by atoms with Crippen molar-refractivity contribution in [2.24, 2.45) is 0 Å². The van der Waals surface area contributed by atoms with Gasteiger partial charge in [-0.2, -0.15) is 0 Å². The third-order valence-electron chi connectivity index (χ3n) is 8.64. The summed E-state index contributed by atoms with van der Waals surface area (Å²) in [5.74, 6) is 0. The molecule has 36 heavy (non-hydrogen) atoms. The van der Waals surface area contributed by atoms with E-state index in [1.165, 1.54) is 56.1 Å². The van der Waals surface area contributed by atoms with E-state index in [9.17, 15) is 0 Å². The van der Waals surface area contributed by atoms with Crippen LogP contribution < -0.4 is 4.90 Å². The van der Waals surface area contributed by atoms with Crippen LogP contribution in [0.3, 0.4) is 0 Å². The van der Waals surface area contributed by atoms with Crippen LogP contribution in [0.4, 0.5) is 5.69 Å². The summed E-state index contributed by atoms with van der Waals surface area (Å²) in [6, 6.07) is 17.7. The van der Waals surface area contributed by atoms with E-state index in [0.29, 0.717) is 0 Å². The standard InChI is InChI=1S/C34H40N2/c1-23-26-13-9-10-14-28(26)33(2,3)27(23)21-19-24-17-18-25(32(24)35(6)7)20-22-31-34(4,5)29-15-11-12-16-30(29)36(31)8/h9-16,19-22H,17-18H2,1-8H3/b21-19?,25-20+,31-22?. The third kappa shape index (κ3) is 3.70. The molecule has 0 bridgehead atoms. The molecule has 0 spiro atoms. The van der Waals surface area contributed by atoms with Gasteiger partial charge in [-0.1, -0.05) is 88.4 Å². The molecule has 0 aromatic heterocycles. The summed E-state index contributed by atoms with van der Waals surface area (Å²) in [5, 5.41) is 0. The summed E-state index contributed by atoms with van der Waals surface area (Å²) in [5.41, 5.74) is 14.0. The van der Waals surface area contributed by atoms with E-state index >= 15 is 0 Å². The topological polar surface area (TPSA) is 6.48 Å². The minimum atomic E-state index is -0.00119. The van der Waals surface area contributed by atoms with Crippen molar-refractivity contribution >= 4 is 11.3 Å². The Balaban J connectivity index is 1.49. The lowest BCUT2D eigenvalue weighted by atomic mass is 9.81. The largest absolute Gasteiger partial charge is 0.377 e. The fourth-order valence-corrected chi connectivity index (χ4v) is 6.72. The van der Waals surface area contributed by atoms with Gasteiger partial charge >= 0.3 is 0 Å². The predicted molar refractivity (Wildman–Crippen MR) is 155 cm³/mol. The van der Waals surface area contributed by atoms with Gasteiger partial charge in [0.15, 0.2) is 0 Å². The fourth-order valence-electron chi connectivity index (χ4n) is 6.72. The first-order valence-corrected chi connectivity index (χ1v) is 13.2. The summed E-state index contributed by atoms with van der Waals surface area (Å²) < 4.78 is 0. The minimum absolute atomic E-state index is 0.00119. The maximum absolute atomic E-state index is 2.39. The Kier molecular flexibility index (Phi) is 5.90. The van der Waals surface area contributed by atoms with Gasteiger partial charge < -0.3 is 9.80 Å². The SMILES string of the molecule is CC1=C(C=CC2=C(N(C)C)/C(=C/C=C3N(C)c4ccccc4C3(C)C)CC2)C(C)(C)c2ccccc21. The summed E-state index contributed by atoms with van der Waals surface area (Å²) in [6.07, 6.45) is 11.7. The molecule has 2 aromatic carbocycles. The Morgan fingerprint density at radius 2 is 1.47 bits per heavy atom. The second kappa shape index (κ2) is 8.69. The van der Waals surface area contributed by atoms with Gasteiger partial charge in [0.25, 0.3) is 0 Å². The second-order valence-electron chi connectivity index (χ2n) is 11.8. The molecule has 2 aliphatic carbocycles.